The first-order valence-electron chi connectivity index (χ1n) is 8.69. The number of anilines is 1. The molecule has 2 heterocycles. The Morgan fingerprint density at radius 3 is 2.42 bits per heavy atom. The van der Waals surface area contributed by atoms with E-state index in [-0.39, 0.29) is 39.8 Å². The number of thioether (sulfide) groups is 1. The highest BCUT2D eigenvalue weighted by Crippen LogP contribution is 2.28. The van der Waals surface area contributed by atoms with Gasteiger partial charge in [0.05, 0.1) is 44.5 Å². The van der Waals surface area contributed by atoms with Crippen LogP contribution in [0.5, 0.6) is 11.8 Å². The van der Waals surface area contributed by atoms with Gasteiger partial charge in [0.15, 0.2) is 5.17 Å². The summed E-state index contributed by atoms with van der Waals surface area (Å²) in [7, 11) is -0.169. The van der Waals surface area contributed by atoms with Crippen LogP contribution in [0.25, 0.3) is 0 Å². The number of methoxy groups -OCH3 is 3. The van der Waals surface area contributed by atoms with Crippen LogP contribution in [0.15, 0.2) is 34.7 Å². The number of nitrogens with zero attached hydrogens (tertiary/aromatic N) is 4. The van der Waals surface area contributed by atoms with E-state index in [0.717, 1.165) is 16.7 Å². The van der Waals surface area contributed by atoms with Gasteiger partial charge >= 0.3 is 5.97 Å². The first kappa shape index (κ1) is 22.5. The van der Waals surface area contributed by atoms with Gasteiger partial charge < -0.3 is 14.2 Å². The van der Waals surface area contributed by atoms with Gasteiger partial charge in [0.1, 0.15) is 0 Å². The number of carbonyl (C=O) groups is 2. The second kappa shape index (κ2) is 9.31. The van der Waals surface area contributed by atoms with Gasteiger partial charge in [-0.25, -0.2) is 18.1 Å². The molecule has 1 aliphatic heterocycles. The highest BCUT2D eigenvalue weighted by atomic mass is 32.2. The predicted octanol–water partition coefficient (Wildman–Crippen LogP) is 1.25. The van der Waals surface area contributed by atoms with Crippen molar-refractivity contribution in [3.8, 4) is 11.8 Å². The zero-order valence-electron chi connectivity index (χ0n) is 16.8. The van der Waals surface area contributed by atoms with Gasteiger partial charge in [-0.3, -0.25) is 4.79 Å². The molecule has 1 fully saturated rings. The SMILES string of the molecule is COC(=O)c1ccccc1CS(=O)(=O)N=C1SCC(=O)N1c1nc(OC)cc(OC)n1. The molecule has 0 atom stereocenters. The minimum absolute atomic E-state index is 0.0456. The molecule has 11 nitrogen and oxygen atoms in total. The molecule has 0 aliphatic carbocycles. The van der Waals surface area contributed by atoms with E-state index in [2.05, 4.69) is 14.4 Å². The van der Waals surface area contributed by atoms with Crippen molar-refractivity contribution in [3.63, 3.8) is 0 Å². The number of aromatic nitrogens is 2. The summed E-state index contributed by atoms with van der Waals surface area (Å²) in [5.74, 6) is -1.61. The third-order valence-electron chi connectivity index (χ3n) is 4.03. The second-order valence-corrected chi connectivity index (χ2v) is 8.60. The number of amidine groups is 1. The Labute approximate surface area is 182 Å². The third-order valence-corrected chi connectivity index (χ3v) is 6.19. The summed E-state index contributed by atoms with van der Waals surface area (Å²) in [4.78, 5) is 33.5. The number of sulfonamides is 1. The van der Waals surface area contributed by atoms with Gasteiger partial charge in [-0.1, -0.05) is 30.0 Å². The molecule has 3 rings (SSSR count). The lowest BCUT2D eigenvalue weighted by Gasteiger charge is -2.15. The Hall–Kier alpha value is -3.19. The van der Waals surface area contributed by atoms with E-state index in [1.165, 1.54) is 39.5 Å². The van der Waals surface area contributed by atoms with Crippen molar-refractivity contribution in [2.45, 2.75) is 5.75 Å². The molecular weight excluding hydrogens is 448 g/mol. The van der Waals surface area contributed by atoms with Gasteiger partial charge in [0.25, 0.3) is 10.0 Å². The van der Waals surface area contributed by atoms with E-state index in [1.54, 1.807) is 12.1 Å². The van der Waals surface area contributed by atoms with E-state index in [1.807, 2.05) is 0 Å². The number of esters is 1. The third kappa shape index (κ3) is 5.11. The molecule has 2 aromatic rings. The van der Waals surface area contributed by atoms with E-state index in [0.29, 0.717) is 0 Å². The van der Waals surface area contributed by atoms with E-state index >= 15 is 0 Å². The molecule has 0 radical (unpaired) electrons. The zero-order chi connectivity index (χ0) is 22.6. The zero-order valence-corrected chi connectivity index (χ0v) is 18.4. The first-order chi connectivity index (χ1) is 14.8. The summed E-state index contributed by atoms with van der Waals surface area (Å²) in [6.07, 6.45) is 0. The van der Waals surface area contributed by atoms with Crippen molar-refractivity contribution in [1.29, 1.82) is 0 Å². The van der Waals surface area contributed by atoms with Crippen LogP contribution in [0.1, 0.15) is 15.9 Å². The molecule has 1 aromatic carbocycles. The van der Waals surface area contributed by atoms with Crippen molar-refractivity contribution in [2.75, 3.05) is 32.0 Å². The Bertz CT molecular complexity index is 1130. The van der Waals surface area contributed by atoms with Crippen molar-refractivity contribution in [3.05, 3.63) is 41.5 Å². The summed E-state index contributed by atoms with van der Waals surface area (Å²) < 4.78 is 44.2. The van der Waals surface area contributed by atoms with Gasteiger partial charge in [-0.15, -0.1) is 4.40 Å². The number of rotatable bonds is 7. The number of ether oxygens (including phenoxy) is 3. The smallest absolute Gasteiger partial charge is 0.338 e. The molecule has 1 aliphatic rings. The number of amides is 1. The average Bonchev–Trinajstić information content (AvgIpc) is 3.11. The van der Waals surface area contributed by atoms with Crippen LogP contribution in [0.3, 0.4) is 0 Å². The van der Waals surface area contributed by atoms with Crippen LogP contribution in [-0.2, 0) is 25.3 Å². The maximum absolute atomic E-state index is 12.8. The lowest BCUT2D eigenvalue weighted by atomic mass is 10.1. The number of hydrogen-bond donors (Lipinski definition) is 0. The van der Waals surface area contributed by atoms with Crippen LogP contribution in [0.4, 0.5) is 5.95 Å². The van der Waals surface area contributed by atoms with Crippen LogP contribution in [-0.4, -0.2) is 62.5 Å². The molecule has 0 bridgehead atoms. The van der Waals surface area contributed by atoms with Crippen LogP contribution < -0.4 is 14.4 Å². The molecular formula is C18H18N4O7S2. The van der Waals surface area contributed by atoms with Crippen molar-refractivity contribution < 1.29 is 32.2 Å². The molecule has 1 aromatic heterocycles. The number of hydrogen-bond acceptors (Lipinski definition) is 10. The minimum Gasteiger partial charge on any atom is -0.481 e. The molecule has 0 unspecified atom stereocenters. The van der Waals surface area contributed by atoms with E-state index in [4.69, 9.17) is 14.2 Å². The minimum atomic E-state index is -4.13. The Balaban J connectivity index is 1.97. The van der Waals surface area contributed by atoms with Gasteiger partial charge in [0, 0.05) is 0 Å². The lowest BCUT2D eigenvalue weighted by Crippen LogP contribution is -2.31. The van der Waals surface area contributed by atoms with E-state index in [9.17, 15) is 18.0 Å². The van der Waals surface area contributed by atoms with Crippen molar-refractivity contribution in [1.82, 2.24) is 9.97 Å². The fraction of sp³-hybridized carbons (Fsp3) is 0.278. The molecule has 31 heavy (non-hydrogen) atoms. The molecule has 1 saturated heterocycles. The number of carbonyl (C=O) groups excluding carboxylic acids is 2. The molecule has 0 saturated carbocycles. The molecule has 1 amide bonds. The summed E-state index contributed by atoms with van der Waals surface area (Å²) in [6.45, 7) is 0. The second-order valence-electron chi connectivity index (χ2n) is 6.02. The Kier molecular flexibility index (Phi) is 6.75. The van der Waals surface area contributed by atoms with Crippen molar-refractivity contribution >= 4 is 44.8 Å². The van der Waals surface area contributed by atoms with Gasteiger partial charge in [-0.05, 0) is 11.6 Å². The maximum atomic E-state index is 12.8. The fourth-order valence-corrected chi connectivity index (χ4v) is 4.91. The molecule has 13 heteroatoms. The van der Waals surface area contributed by atoms with Gasteiger partial charge in [0.2, 0.25) is 23.6 Å². The lowest BCUT2D eigenvalue weighted by molar-refractivity contribution is -0.115. The highest BCUT2D eigenvalue weighted by molar-refractivity contribution is 8.16. The Morgan fingerprint density at radius 1 is 1.16 bits per heavy atom. The molecule has 0 spiro atoms. The van der Waals surface area contributed by atoms with Crippen molar-refractivity contribution in [2.24, 2.45) is 4.40 Å². The average molecular weight is 466 g/mol. The molecule has 0 N–H and O–H groups in total. The maximum Gasteiger partial charge on any atom is 0.338 e. The summed E-state index contributed by atoms with van der Waals surface area (Å²) >= 11 is 0.927. The normalized spacial score (nSPS) is 15.3. The molecule has 164 valence electrons. The standard InChI is InChI=1S/C18H18N4O7S2/c1-27-13-8-14(28-2)20-17(19-13)22-15(23)9-30-18(22)21-31(25,26)10-11-6-4-5-7-12(11)16(24)29-3/h4-8H,9-10H2,1-3H3. The summed E-state index contributed by atoms with van der Waals surface area (Å²) in [6, 6.07) is 7.55. The van der Waals surface area contributed by atoms with Crippen LogP contribution >= 0.6 is 11.8 Å². The summed E-state index contributed by atoms with van der Waals surface area (Å²) in [5.41, 5.74) is 0.334. The topological polar surface area (TPSA) is 137 Å². The summed E-state index contributed by atoms with van der Waals surface area (Å²) in [5, 5.41) is -0.115. The highest BCUT2D eigenvalue weighted by Gasteiger charge is 2.34. The quantitative estimate of drug-likeness (QED) is 0.548. The number of benzene rings is 1. The Morgan fingerprint density at radius 2 is 1.81 bits per heavy atom. The van der Waals surface area contributed by atoms with E-state index < -0.39 is 27.7 Å². The van der Waals surface area contributed by atoms with Crippen LogP contribution in [0.2, 0.25) is 0 Å². The van der Waals surface area contributed by atoms with Gasteiger partial charge in [-0.2, -0.15) is 9.97 Å². The predicted molar refractivity (Wildman–Crippen MR) is 113 cm³/mol. The fourth-order valence-electron chi connectivity index (χ4n) is 2.63. The monoisotopic (exact) mass is 466 g/mol. The largest absolute Gasteiger partial charge is 0.481 e. The first-order valence-corrected chi connectivity index (χ1v) is 11.3. The van der Waals surface area contributed by atoms with Crippen LogP contribution in [0, 0.1) is 0 Å².